The lowest BCUT2D eigenvalue weighted by molar-refractivity contribution is -0.0499. The maximum absolute atomic E-state index is 12.4. The highest BCUT2D eigenvalue weighted by Gasteiger charge is 2.18. The number of alkyl halides is 2. The highest BCUT2D eigenvalue weighted by atomic mass is 35.5. The third-order valence-corrected chi connectivity index (χ3v) is 4.98. The monoisotopic (exact) mass is 403 g/mol. The van der Waals surface area contributed by atoms with Gasteiger partial charge in [-0.3, -0.25) is 4.79 Å². The van der Waals surface area contributed by atoms with Gasteiger partial charge in [-0.2, -0.15) is 8.78 Å². The summed E-state index contributed by atoms with van der Waals surface area (Å²) >= 11 is 5.99. The van der Waals surface area contributed by atoms with Crippen LogP contribution < -0.4 is 10.1 Å². The summed E-state index contributed by atoms with van der Waals surface area (Å²) in [5.41, 5.74) is 0.535. The first kappa shape index (κ1) is 20.1. The van der Waals surface area contributed by atoms with Crippen molar-refractivity contribution in [2.45, 2.75) is 24.5 Å². The fourth-order valence-corrected chi connectivity index (χ4v) is 3.08. The van der Waals surface area contributed by atoms with Crippen molar-refractivity contribution in [3.05, 3.63) is 58.6 Å². The van der Waals surface area contributed by atoms with Crippen LogP contribution in [0.3, 0.4) is 0 Å². The number of halogens is 3. The largest absolute Gasteiger partial charge is 0.435 e. The molecule has 0 aliphatic rings. The summed E-state index contributed by atoms with van der Waals surface area (Å²) in [6.07, 6.45) is 1.02. The Bertz CT molecular complexity index is 919. The van der Waals surface area contributed by atoms with Gasteiger partial charge in [-0.15, -0.1) is 0 Å². The molecule has 0 aromatic heterocycles. The summed E-state index contributed by atoms with van der Waals surface area (Å²) < 4.78 is 52.2. The first-order chi connectivity index (χ1) is 12.1. The zero-order chi connectivity index (χ0) is 19.5. The van der Waals surface area contributed by atoms with Crippen molar-refractivity contribution in [2.24, 2.45) is 0 Å². The Hall–Kier alpha value is -2.19. The van der Waals surface area contributed by atoms with E-state index in [-0.39, 0.29) is 21.2 Å². The van der Waals surface area contributed by atoms with Crippen LogP contribution in [0.1, 0.15) is 28.9 Å². The third-order valence-electron chi connectivity index (χ3n) is 3.54. The van der Waals surface area contributed by atoms with E-state index in [1.165, 1.54) is 36.4 Å². The van der Waals surface area contributed by atoms with Crippen molar-refractivity contribution < 1.29 is 26.7 Å². The minimum Gasteiger partial charge on any atom is -0.435 e. The molecule has 26 heavy (non-hydrogen) atoms. The molecule has 0 aliphatic carbocycles. The second kappa shape index (κ2) is 8.01. The smallest absolute Gasteiger partial charge is 0.387 e. The van der Waals surface area contributed by atoms with Gasteiger partial charge in [0.15, 0.2) is 9.84 Å². The number of ether oxygens (including phenoxy) is 1. The number of hydrogen-bond acceptors (Lipinski definition) is 4. The molecule has 0 radical (unpaired) electrons. The Balaban J connectivity index is 2.22. The third kappa shape index (κ3) is 5.15. The SMILES string of the molecule is C[C@@H](NC(=O)c1cc(S(C)(=O)=O)ccc1Cl)c1cccc(OC(F)F)c1. The number of benzene rings is 2. The van der Waals surface area contributed by atoms with E-state index < -0.39 is 28.4 Å². The lowest BCUT2D eigenvalue weighted by Gasteiger charge is -2.16. The van der Waals surface area contributed by atoms with E-state index in [4.69, 9.17) is 11.6 Å². The Morgan fingerprint density at radius 3 is 2.50 bits per heavy atom. The summed E-state index contributed by atoms with van der Waals surface area (Å²) in [4.78, 5) is 12.4. The molecule has 2 aromatic rings. The molecule has 1 N–H and O–H groups in total. The molecular weight excluding hydrogens is 388 g/mol. The van der Waals surface area contributed by atoms with E-state index in [0.29, 0.717) is 5.56 Å². The standard InChI is InChI=1S/C17H16ClF2NO4S/c1-10(11-4-3-5-12(8-11)25-17(19)20)21-16(22)14-9-13(26(2,23)24)6-7-15(14)18/h3-10,17H,1-2H3,(H,21,22)/t10-/m1/s1. The molecular formula is C17H16ClF2NO4S. The van der Waals surface area contributed by atoms with Gasteiger partial charge in [0.2, 0.25) is 0 Å². The minimum absolute atomic E-state index is 0.00132. The van der Waals surface area contributed by atoms with Crippen LogP contribution in [0.25, 0.3) is 0 Å². The number of hydrogen-bond donors (Lipinski definition) is 1. The highest BCUT2D eigenvalue weighted by Crippen LogP contribution is 2.24. The van der Waals surface area contributed by atoms with Crippen molar-refractivity contribution in [1.29, 1.82) is 0 Å². The van der Waals surface area contributed by atoms with Gasteiger partial charge in [-0.1, -0.05) is 23.7 Å². The van der Waals surface area contributed by atoms with E-state index >= 15 is 0 Å². The van der Waals surface area contributed by atoms with E-state index in [1.807, 2.05) is 0 Å². The molecule has 0 saturated carbocycles. The second-order valence-corrected chi connectivity index (χ2v) is 7.98. The van der Waals surface area contributed by atoms with Crippen LogP contribution in [0, 0.1) is 0 Å². The van der Waals surface area contributed by atoms with Gasteiger partial charge < -0.3 is 10.1 Å². The fourth-order valence-electron chi connectivity index (χ4n) is 2.23. The highest BCUT2D eigenvalue weighted by molar-refractivity contribution is 7.90. The minimum atomic E-state index is -3.50. The molecule has 5 nitrogen and oxygen atoms in total. The number of nitrogens with one attached hydrogen (secondary N) is 1. The zero-order valence-corrected chi connectivity index (χ0v) is 15.4. The van der Waals surface area contributed by atoms with Crippen LogP contribution in [0.5, 0.6) is 5.75 Å². The molecule has 0 saturated heterocycles. The van der Waals surface area contributed by atoms with Crippen molar-refractivity contribution in [1.82, 2.24) is 5.32 Å². The van der Waals surface area contributed by atoms with Gasteiger partial charge >= 0.3 is 6.61 Å². The summed E-state index contributed by atoms with van der Waals surface area (Å²) in [5.74, 6) is -0.621. The number of carbonyl (C=O) groups excluding carboxylic acids is 1. The quantitative estimate of drug-likeness (QED) is 0.795. The number of carbonyl (C=O) groups is 1. The van der Waals surface area contributed by atoms with Crippen LogP contribution in [0.15, 0.2) is 47.4 Å². The first-order valence-electron chi connectivity index (χ1n) is 7.43. The van der Waals surface area contributed by atoms with Crippen LogP contribution in [0.4, 0.5) is 8.78 Å². The molecule has 0 spiro atoms. The second-order valence-electron chi connectivity index (χ2n) is 5.56. The maximum atomic E-state index is 12.4. The summed E-state index contributed by atoms with van der Waals surface area (Å²) in [7, 11) is -3.50. The summed E-state index contributed by atoms with van der Waals surface area (Å²) in [6.45, 7) is -1.30. The molecule has 2 aromatic carbocycles. The van der Waals surface area contributed by atoms with Gasteiger partial charge in [0.25, 0.3) is 5.91 Å². The molecule has 0 unspecified atom stereocenters. The molecule has 0 heterocycles. The van der Waals surface area contributed by atoms with Crippen molar-refractivity contribution in [3.63, 3.8) is 0 Å². The molecule has 140 valence electrons. The van der Waals surface area contributed by atoms with Gasteiger partial charge in [0, 0.05) is 6.26 Å². The van der Waals surface area contributed by atoms with Crippen molar-refractivity contribution >= 4 is 27.3 Å². The van der Waals surface area contributed by atoms with Gasteiger partial charge in [-0.05, 0) is 42.8 Å². The van der Waals surface area contributed by atoms with E-state index in [1.54, 1.807) is 13.0 Å². The topological polar surface area (TPSA) is 72.5 Å². The summed E-state index contributed by atoms with van der Waals surface area (Å²) in [5, 5.41) is 2.75. The Labute approximate surface area is 154 Å². The Kier molecular flexibility index (Phi) is 6.20. The lowest BCUT2D eigenvalue weighted by atomic mass is 10.1. The Morgan fingerprint density at radius 1 is 1.19 bits per heavy atom. The molecule has 1 amide bonds. The van der Waals surface area contributed by atoms with E-state index in [9.17, 15) is 22.0 Å². The average molecular weight is 404 g/mol. The molecule has 0 bridgehead atoms. The molecule has 0 fully saturated rings. The fraction of sp³-hybridized carbons (Fsp3) is 0.235. The van der Waals surface area contributed by atoms with Crippen molar-refractivity contribution in [3.8, 4) is 5.75 Å². The number of amides is 1. The van der Waals surface area contributed by atoms with E-state index in [0.717, 1.165) is 6.26 Å². The zero-order valence-electron chi connectivity index (χ0n) is 13.9. The average Bonchev–Trinajstić information content (AvgIpc) is 2.53. The molecule has 9 heteroatoms. The van der Waals surface area contributed by atoms with Crippen LogP contribution in [-0.2, 0) is 9.84 Å². The van der Waals surface area contributed by atoms with Gasteiger partial charge in [0.05, 0.1) is 21.5 Å². The van der Waals surface area contributed by atoms with Crippen LogP contribution in [-0.4, -0.2) is 27.2 Å². The van der Waals surface area contributed by atoms with Crippen LogP contribution in [0.2, 0.25) is 5.02 Å². The van der Waals surface area contributed by atoms with Gasteiger partial charge in [-0.25, -0.2) is 8.42 Å². The normalized spacial score (nSPS) is 12.7. The Morgan fingerprint density at radius 2 is 1.88 bits per heavy atom. The molecule has 2 rings (SSSR count). The number of sulfone groups is 1. The molecule has 0 aliphatic heterocycles. The van der Waals surface area contributed by atoms with E-state index in [2.05, 4.69) is 10.1 Å². The van der Waals surface area contributed by atoms with Gasteiger partial charge in [0.1, 0.15) is 5.75 Å². The summed E-state index contributed by atoms with van der Waals surface area (Å²) in [6, 6.07) is 9.18. The number of rotatable bonds is 6. The maximum Gasteiger partial charge on any atom is 0.387 e. The predicted molar refractivity (Wildman–Crippen MR) is 93.5 cm³/mol. The predicted octanol–water partition coefficient (Wildman–Crippen LogP) is 3.84. The first-order valence-corrected chi connectivity index (χ1v) is 9.70. The van der Waals surface area contributed by atoms with Crippen LogP contribution >= 0.6 is 11.6 Å². The molecule has 1 atom stereocenters. The lowest BCUT2D eigenvalue weighted by Crippen LogP contribution is -2.27. The van der Waals surface area contributed by atoms with Crippen molar-refractivity contribution in [2.75, 3.05) is 6.26 Å².